The van der Waals surface area contributed by atoms with Gasteiger partial charge >= 0.3 is 0 Å². The molecule has 0 saturated carbocycles. The van der Waals surface area contributed by atoms with Crippen molar-refractivity contribution in [2.75, 3.05) is 12.3 Å². The van der Waals surface area contributed by atoms with Crippen LogP contribution in [-0.4, -0.2) is 38.9 Å². The summed E-state index contributed by atoms with van der Waals surface area (Å²) in [6.07, 6.45) is -1.27. The van der Waals surface area contributed by atoms with Crippen molar-refractivity contribution in [1.82, 2.24) is 20.5 Å². The van der Waals surface area contributed by atoms with Gasteiger partial charge in [0.1, 0.15) is 18.2 Å². The molecule has 2 rings (SSSR count). The Morgan fingerprint density at radius 2 is 2.29 bits per heavy atom. The van der Waals surface area contributed by atoms with Crippen molar-refractivity contribution >= 4 is 11.9 Å². The number of benzene rings is 1. The molecule has 5 N–H and O–H groups in total. The number of aliphatic hydroxyl groups is 1. The topological polar surface area (TPSA) is 126 Å². The molecule has 0 aliphatic rings. The Morgan fingerprint density at radius 3 is 2.95 bits per heavy atom. The molecule has 1 atom stereocenters. The van der Waals surface area contributed by atoms with Crippen LogP contribution in [0.5, 0.6) is 5.75 Å². The van der Waals surface area contributed by atoms with Crippen molar-refractivity contribution < 1.29 is 14.6 Å². The summed E-state index contributed by atoms with van der Waals surface area (Å²) in [6.45, 7) is 1.86. The predicted octanol–water partition coefficient (Wildman–Crippen LogP) is -0.249. The van der Waals surface area contributed by atoms with Gasteiger partial charge in [-0.3, -0.25) is 9.89 Å². The van der Waals surface area contributed by atoms with E-state index in [1.54, 1.807) is 6.07 Å². The number of hydrogen-bond donors (Lipinski definition) is 4. The zero-order chi connectivity index (χ0) is 15.2. The van der Waals surface area contributed by atoms with Gasteiger partial charge in [0.15, 0.2) is 6.10 Å². The van der Waals surface area contributed by atoms with Crippen molar-refractivity contribution in [2.45, 2.75) is 19.6 Å². The summed E-state index contributed by atoms with van der Waals surface area (Å²) in [4.78, 5) is 15.5. The molecular formula is C13H17N5O3. The van der Waals surface area contributed by atoms with Crippen LogP contribution in [0.1, 0.15) is 11.4 Å². The maximum absolute atomic E-state index is 11.7. The Labute approximate surface area is 121 Å². The number of carbonyl (C=O) groups excluding carboxylic acids is 1. The fourth-order valence-electron chi connectivity index (χ4n) is 1.64. The molecule has 0 aliphatic heterocycles. The number of para-hydroxylation sites is 1. The standard InChI is InChI=1S/C13H17N5O3/c1-8-4-2-3-5-10(8)21-7-9(19)12(20)15-6-11-16-13(14)18-17-11/h2-5,9,19H,6-7H2,1H3,(H,15,20)(H3,14,16,17,18)/t9-/m0/s1. The highest BCUT2D eigenvalue weighted by molar-refractivity contribution is 5.80. The summed E-state index contributed by atoms with van der Waals surface area (Å²) in [5, 5.41) is 18.4. The van der Waals surface area contributed by atoms with Gasteiger partial charge < -0.3 is 20.9 Å². The molecule has 21 heavy (non-hydrogen) atoms. The highest BCUT2D eigenvalue weighted by Crippen LogP contribution is 2.16. The molecule has 1 heterocycles. The number of nitrogens with one attached hydrogen (secondary N) is 2. The monoisotopic (exact) mass is 291 g/mol. The number of aromatic amines is 1. The quantitative estimate of drug-likeness (QED) is 0.581. The van der Waals surface area contributed by atoms with E-state index in [2.05, 4.69) is 20.5 Å². The summed E-state index contributed by atoms with van der Waals surface area (Å²) >= 11 is 0. The lowest BCUT2D eigenvalue weighted by atomic mass is 10.2. The molecule has 2 aromatic rings. The summed E-state index contributed by atoms with van der Waals surface area (Å²) in [7, 11) is 0. The van der Waals surface area contributed by atoms with E-state index >= 15 is 0 Å². The average molecular weight is 291 g/mol. The first kappa shape index (κ1) is 14.8. The van der Waals surface area contributed by atoms with E-state index in [4.69, 9.17) is 10.5 Å². The van der Waals surface area contributed by atoms with E-state index in [1.165, 1.54) is 0 Å². The van der Waals surface area contributed by atoms with Crippen molar-refractivity contribution in [2.24, 2.45) is 0 Å². The molecule has 0 unspecified atom stereocenters. The first-order valence-corrected chi connectivity index (χ1v) is 6.37. The molecule has 1 aromatic carbocycles. The number of nitrogens with zero attached hydrogens (tertiary/aromatic N) is 2. The first-order valence-electron chi connectivity index (χ1n) is 6.37. The molecule has 1 amide bonds. The van der Waals surface area contributed by atoms with Crippen molar-refractivity contribution in [3.05, 3.63) is 35.7 Å². The van der Waals surface area contributed by atoms with Gasteiger partial charge in [-0.2, -0.15) is 4.98 Å². The second-order valence-electron chi connectivity index (χ2n) is 4.45. The van der Waals surface area contributed by atoms with Gasteiger partial charge in [0.25, 0.3) is 5.91 Å². The summed E-state index contributed by atoms with van der Waals surface area (Å²) in [6, 6.07) is 7.37. The minimum atomic E-state index is -1.27. The normalized spacial score (nSPS) is 11.9. The lowest BCUT2D eigenvalue weighted by Gasteiger charge is -2.13. The number of aryl methyl sites for hydroxylation is 1. The molecule has 0 spiro atoms. The number of nitrogen functional groups attached to an aromatic ring is 1. The van der Waals surface area contributed by atoms with E-state index < -0.39 is 12.0 Å². The maximum atomic E-state index is 11.7. The molecule has 0 radical (unpaired) electrons. The summed E-state index contributed by atoms with van der Waals surface area (Å²) < 4.78 is 5.41. The van der Waals surface area contributed by atoms with Crippen LogP contribution in [0, 0.1) is 6.92 Å². The van der Waals surface area contributed by atoms with Gasteiger partial charge in [-0.05, 0) is 18.6 Å². The number of anilines is 1. The number of ether oxygens (including phenoxy) is 1. The Balaban J connectivity index is 1.78. The van der Waals surface area contributed by atoms with Crippen LogP contribution in [0.4, 0.5) is 5.95 Å². The van der Waals surface area contributed by atoms with E-state index in [0.29, 0.717) is 11.6 Å². The smallest absolute Gasteiger partial charge is 0.252 e. The fraction of sp³-hybridized carbons (Fsp3) is 0.308. The van der Waals surface area contributed by atoms with Crippen molar-refractivity contribution in [3.63, 3.8) is 0 Å². The third-order valence-corrected chi connectivity index (χ3v) is 2.77. The van der Waals surface area contributed by atoms with Gasteiger partial charge in [-0.15, -0.1) is 5.10 Å². The third-order valence-electron chi connectivity index (χ3n) is 2.77. The maximum Gasteiger partial charge on any atom is 0.252 e. The second kappa shape index (κ2) is 6.71. The number of hydrogen-bond acceptors (Lipinski definition) is 6. The molecule has 112 valence electrons. The van der Waals surface area contributed by atoms with Gasteiger partial charge in [-0.1, -0.05) is 18.2 Å². The Kier molecular flexibility index (Phi) is 4.72. The highest BCUT2D eigenvalue weighted by Gasteiger charge is 2.16. The van der Waals surface area contributed by atoms with Crippen LogP contribution in [-0.2, 0) is 11.3 Å². The molecule has 1 aromatic heterocycles. The predicted molar refractivity (Wildman–Crippen MR) is 75.3 cm³/mol. The van der Waals surface area contributed by atoms with Gasteiger partial charge in [0.05, 0.1) is 6.54 Å². The van der Waals surface area contributed by atoms with Crippen LogP contribution >= 0.6 is 0 Å². The van der Waals surface area contributed by atoms with Crippen LogP contribution in [0.25, 0.3) is 0 Å². The van der Waals surface area contributed by atoms with E-state index in [9.17, 15) is 9.90 Å². The molecule has 8 heteroatoms. The van der Waals surface area contributed by atoms with Gasteiger partial charge in [0, 0.05) is 0 Å². The van der Waals surface area contributed by atoms with Gasteiger partial charge in [0.2, 0.25) is 5.95 Å². The molecule has 0 saturated heterocycles. The van der Waals surface area contributed by atoms with Crippen molar-refractivity contribution in [3.8, 4) is 5.75 Å². The SMILES string of the molecule is Cc1ccccc1OC[C@H](O)C(=O)NCc1nc(N)n[nH]1. The molecule has 0 fully saturated rings. The third kappa shape index (κ3) is 4.18. The Morgan fingerprint density at radius 1 is 1.52 bits per heavy atom. The summed E-state index contributed by atoms with van der Waals surface area (Å²) in [5.74, 6) is 0.585. The van der Waals surface area contributed by atoms with Crippen LogP contribution < -0.4 is 15.8 Å². The van der Waals surface area contributed by atoms with Crippen LogP contribution in [0.2, 0.25) is 0 Å². The average Bonchev–Trinajstić information content (AvgIpc) is 2.89. The Hall–Kier alpha value is -2.61. The van der Waals surface area contributed by atoms with Crippen molar-refractivity contribution in [1.29, 1.82) is 0 Å². The number of nitrogens with two attached hydrogens (primary N) is 1. The zero-order valence-electron chi connectivity index (χ0n) is 11.5. The van der Waals surface area contributed by atoms with E-state index in [-0.39, 0.29) is 19.1 Å². The molecule has 0 bridgehead atoms. The van der Waals surface area contributed by atoms with Gasteiger partial charge in [-0.25, -0.2) is 0 Å². The number of carbonyl (C=O) groups is 1. The largest absolute Gasteiger partial charge is 0.490 e. The van der Waals surface area contributed by atoms with Crippen LogP contribution in [0.15, 0.2) is 24.3 Å². The molecule has 0 aliphatic carbocycles. The molecule has 8 nitrogen and oxygen atoms in total. The number of H-pyrrole nitrogens is 1. The highest BCUT2D eigenvalue weighted by atomic mass is 16.5. The zero-order valence-corrected chi connectivity index (χ0v) is 11.5. The summed E-state index contributed by atoms with van der Waals surface area (Å²) in [5.41, 5.74) is 6.27. The van der Waals surface area contributed by atoms with E-state index in [1.807, 2.05) is 25.1 Å². The Bertz CT molecular complexity index is 613. The fourth-order valence-corrected chi connectivity index (χ4v) is 1.64. The second-order valence-corrected chi connectivity index (χ2v) is 4.45. The lowest BCUT2D eigenvalue weighted by molar-refractivity contribution is -0.130. The molecular weight excluding hydrogens is 274 g/mol. The van der Waals surface area contributed by atoms with E-state index in [0.717, 1.165) is 5.56 Å². The minimum Gasteiger partial charge on any atom is -0.490 e. The van der Waals surface area contributed by atoms with Crippen LogP contribution in [0.3, 0.4) is 0 Å². The number of amides is 1. The number of aromatic nitrogens is 3. The first-order chi connectivity index (χ1) is 10.1. The number of rotatable bonds is 6. The minimum absolute atomic E-state index is 0.0997. The lowest BCUT2D eigenvalue weighted by Crippen LogP contribution is -2.38. The number of aliphatic hydroxyl groups excluding tert-OH is 1.